The highest BCUT2D eigenvalue weighted by Crippen LogP contribution is 2.36. The van der Waals surface area contributed by atoms with Gasteiger partial charge in [0.25, 0.3) is 0 Å². The van der Waals surface area contributed by atoms with Crippen LogP contribution >= 0.6 is 0 Å². The molecule has 2 aromatic rings. The molecule has 222 valence electrons. The maximum Gasteiger partial charge on any atom is 0.247 e. The molecule has 2 aliphatic rings. The van der Waals surface area contributed by atoms with Crippen molar-refractivity contribution < 1.29 is 27.2 Å². The minimum Gasteiger partial charge on any atom is -0.349 e. The van der Waals surface area contributed by atoms with Crippen LogP contribution in [0.25, 0.3) is 0 Å². The topological polar surface area (TPSA) is 125 Å². The normalized spacial score (nSPS) is 20.5. The summed E-state index contributed by atoms with van der Waals surface area (Å²) in [4.78, 5) is 43.2. The molecule has 1 saturated heterocycles. The number of hydrogen-bond donors (Lipinski definition) is 3. The SMILES string of the molecule is CC(C)CC1C(=O)NC(C2Cc3ccccc3C2)C(=O)N1C(C(=O)NC(C)(C)C)c1ccc(NS(C)(=O)=O)cc1F. The van der Waals surface area contributed by atoms with Gasteiger partial charge in [-0.25, -0.2) is 12.8 Å². The van der Waals surface area contributed by atoms with Crippen LogP contribution in [0, 0.1) is 17.7 Å². The summed E-state index contributed by atoms with van der Waals surface area (Å²) in [7, 11) is -3.68. The zero-order chi connectivity index (χ0) is 30.3. The van der Waals surface area contributed by atoms with E-state index >= 15 is 4.39 Å². The minimum atomic E-state index is -3.68. The molecule has 9 nitrogen and oxygen atoms in total. The second-order valence-electron chi connectivity index (χ2n) is 12.6. The van der Waals surface area contributed by atoms with Gasteiger partial charge in [0.05, 0.1) is 11.9 Å². The summed E-state index contributed by atoms with van der Waals surface area (Å²) in [6.07, 6.45) is 2.40. The van der Waals surface area contributed by atoms with Gasteiger partial charge in [0, 0.05) is 11.1 Å². The van der Waals surface area contributed by atoms with E-state index in [1.165, 1.54) is 17.0 Å². The molecule has 11 heteroatoms. The van der Waals surface area contributed by atoms with Gasteiger partial charge in [-0.1, -0.05) is 44.2 Å². The molecule has 1 aliphatic carbocycles. The maximum atomic E-state index is 15.8. The van der Waals surface area contributed by atoms with Crippen molar-refractivity contribution in [3.05, 3.63) is 65.0 Å². The summed E-state index contributed by atoms with van der Waals surface area (Å²) in [6, 6.07) is 8.13. The van der Waals surface area contributed by atoms with Crippen molar-refractivity contribution in [1.29, 1.82) is 0 Å². The fourth-order valence-corrected chi connectivity index (χ4v) is 6.31. The Kier molecular flexibility index (Phi) is 8.50. The van der Waals surface area contributed by atoms with E-state index in [0.717, 1.165) is 23.4 Å². The van der Waals surface area contributed by atoms with Crippen molar-refractivity contribution in [2.45, 2.75) is 77.5 Å². The molecular weight excluding hydrogens is 547 g/mol. The lowest BCUT2D eigenvalue weighted by Crippen LogP contribution is -2.67. The van der Waals surface area contributed by atoms with E-state index in [4.69, 9.17) is 0 Å². The fraction of sp³-hybridized carbons (Fsp3) is 0.500. The molecule has 3 unspecified atom stereocenters. The average Bonchev–Trinajstić information content (AvgIpc) is 3.26. The van der Waals surface area contributed by atoms with Crippen molar-refractivity contribution in [3.8, 4) is 0 Å². The Morgan fingerprint density at radius 3 is 2.22 bits per heavy atom. The Morgan fingerprint density at radius 1 is 1.10 bits per heavy atom. The van der Waals surface area contributed by atoms with Gasteiger partial charge in [-0.05, 0) is 75.1 Å². The number of benzene rings is 2. The van der Waals surface area contributed by atoms with Gasteiger partial charge in [0.15, 0.2) is 0 Å². The van der Waals surface area contributed by atoms with Gasteiger partial charge in [0.2, 0.25) is 27.7 Å². The predicted octanol–water partition coefficient (Wildman–Crippen LogP) is 3.31. The third-order valence-corrected chi connectivity index (χ3v) is 7.93. The number of anilines is 1. The molecule has 0 spiro atoms. The van der Waals surface area contributed by atoms with E-state index in [0.29, 0.717) is 12.8 Å². The number of amides is 3. The number of carbonyl (C=O) groups is 3. The number of fused-ring (bicyclic) bond motifs is 1. The highest BCUT2D eigenvalue weighted by atomic mass is 32.2. The number of rotatable bonds is 8. The average molecular weight is 587 g/mol. The highest BCUT2D eigenvalue weighted by molar-refractivity contribution is 7.92. The molecule has 1 fully saturated rings. The van der Waals surface area contributed by atoms with Crippen LogP contribution in [0.2, 0.25) is 0 Å². The lowest BCUT2D eigenvalue weighted by molar-refractivity contribution is -0.158. The zero-order valence-corrected chi connectivity index (χ0v) is 25.1. The van der Waals surface area contributed by atoms with Crippen molar-refractivity contribution in [2.24, 2.45) is 11.8 Å². The third kappa shape index (κ3) is 7.06. The van der Waals surface area contributed by atoms with Crippen molar-refractivity contribution >= 4 is 33.4 Å². The molecule has 3 atom stereocenters. The van der Waals surface area contributed by atoms with Crippen LogP contribution in [0.4, 0.5) is 10.1 Å². The molecule has 4 rings (SSSR count). The van der Waals surface area contributed by atoms with Crippen LogP contribution in [-0.2, 0) is 37.2 Å². The quantitative estimate of drug-likeness (QED) is 0.438. The second kappa shape index (κ2) is 11.4. The summed E-state index contributed by atoms with van der Waals surface area (Å²) < 4.78 is 41.4. The van der Waals surface area contributed by atoms with Crippen LogP contribution < -0.4 is 15.4 Å². The Morgan fingerprint density at radius 2 is 1.71 bits per heavy atom. The molecule has 0 aromatic heterocycles. The van der Waals surface area contributed by atoms with Gasteiger partial charge >= 0.3 is 0 Å². The number of hydrogen-bond acceptors (Lipinski definition) is 5. The van der Waals surface area contributed by atoms with Gasteiger partial charge in [-0.15, -0.1) is 0 Å². The largest absolute Gasteiger partial charge is 0.349 e. The molecule has 2 aromatic carbocycles. The third-order valence-electron chi connectivity index (χ3n) is 7.33. The minimum absolute atomic E-state index is 0.00848. The lowest BCUT2D eigenvalue weighted by atomic mass is 9.87. The first-order valence-corrected chi connectivity index (χ1v) is 15.7. The summed E-state index contributed by atoms with van der Waals surface area (Å²) in [6.45, 7) is 9.13. The summed E-state index contributed by atoms with van der Waals surface area (Å²) in [5, 5.41) is 5.80. The van der Waals surface area contributed by atoms with E-state index in [2.05, 4.69) is 15.4 Å². The zero-order valence-electron chi connectivity index (χ0n) is 24.3. The number of halogens is 1. The van der Waals surface area contributed by atoms with Crippen LogP contribution in [0.1, 0.15) is 63.8 Å². The Bertz CT molecular complexity index is 1430. The van der Waals surface area contributed by atoms with Gasteiger partial charge in [-0.3, -0.25) is 19.1 Å². The van der Waals surface area contributed by atoms with Crippen LogP contribution in [0.3, 0.4) is 0 Å². The molecule has 1 heterocycles. The number of nitrogens with one attached hydrogen (secondary N) is 3. The van der Waals surface area contributed by atoms with Gasteiger partial charge in [-0.2, -0.15) is 0 Å². The number of carbonyl (C=O) groups excluding carboxylic acids is 3. The Hall–Kier alpha value is -3.47. The maximum absolute atomic E-state index is 15.8. The molecule has 3 N–H and O–H groups in total. The van der Waals surface area contributed by atoms with E-state index < -0.39 is 51.3 Å². The molecule has 41 heavy (non-hydrogen) atoms. The molecule has 0 saturated carbocycles. The van der Waals surface area contributed by atoms with Crippen molar-refractivity contribution in [2.75, 3.05) is 11.0 Å². The number of sulfonamides is 1. The summed E-state index contributed by atoms with van der Waals surface area (Å²) in [5.74, 6) is -2.57. The number of piperazine rings is 1. The van der Waals surface area contributed by atoms with E-state index in [-0.39, 0.29) is 35.4 Å². The van der Waals surface area contributed by atoms with Crippen LogP contribution in [-0.4, -0.2) is 54.9 Å². The fourth-order valence-electron chi connectivity index (χ4n) is 5.76. The molecule has 0 radical (unpaired) electrons. The van der Waals surface area contributed by atoms with E-state index in [1.807, 2.05) is 38.1 Å². The first kappa shape index (κ1) is 30.5. The first-order chi connectivity index (χ1) is 19.0. The van der Waals surface area contributed by atoms with Crippen molar-refractivity contribution in [1.82, 2.24) is 15.5 Å². The summed E-state index contributed by atoms with van der Waals surface area (Å²) in [5.41, 5.74) is 1.35. The Balaban J connectivity index is 1.80. The van der Waals surface area contributed by atoms with Crippen LogP contribution in [0.5, 0.6) is 0 Å². The molecule has 0 bridgehead atoms. The van der Waals surface area contributed by atoms with Gasteiger partial charge in [0.1, 0.15) is 23.9 Å². The summed E-state index contributed by atoms with van der Waals surface area (Å²) >= 11 is 0. The van der Waals surface area contributed by atoms with E-state index in [9.17, 15) is 22.8 Å². The lowest BCUT2D eigenvalue weighted by Gasteiger charge is -2.45. The highest BCUT2D eigenvalue weighted by Gasteiger charge is 2.50. The molecular formula is C30H39FN4O5S. The predicted molar refractivity (Wildman–Crippen MR) is 155 cm³/mol. The first-order valence-electron chi connectivity index (χ1n) is 13.8. The molecule has 1 aliphatic heterocycles. The van der Waals surface area contributed by atoms with Crippen LogP contribution in [0.15, 0.2) is 42.5 Å². The number of nitrogens with zero attached hydrogens (tertiary/aromatic N) is 1. The van der Waals surface area contributed by atoms with E-state index in [1.54, 1.807) is 20.8 Å². The second-order valence-corrected chi connectivity index (χ2v) is 14.3. The Labute approximate surface area is 241 Å². The standard InChI is InChI=1S/C30H39FN4O5S/c1-17(2)13-24-27(36)32-25(20-14-18-9-7-8-10-19(18)15-20)29(38)35(24)26(28(37)33-30(3,4)5)22-12-11-21(16-23(22)31)34-41(6,39)40/h7-12,16-17,20,24-26,34H,13-15H2,1-6H3,(H,32,36)(H,33,37). The van der Waals surface area contributed by atoms with Crippen molar-refractivity contribution in [3.63, 3.8) is 0 Å². The van der Waals surface area contributed by atoms with Gasteiger partial charge < -0.3 is 15.5 Å². The monoisotopic (exact) mass is 586 g/mol. The molecule has 3 amide bonds. The smallest absolute Gasteiger partial charge is 0.247 e.